The molecule has 0 bridgehead atoms. The standard InChI is InChI=1S/C42H65NO7/c1-6-8-9-10-11-12-13-14-15-16-23-28-38(33(3)39-36(7-2)31-48-42(4,5)50-39)49-40(44)37(32-46-29-34-24-19-17-20-25-34)43-41(45)47-30-35-26-21-18-22-27-35/h17-22,24-27,33,36-39H,6-16,23,28-32H2,1-5H3,(H,43,45)/t33-,36-,37-,38+,39+/m0/s1. The molecule has 0 saturated carbocycles. The lowest BCUT2D eigenvalue weighted by molar-refractivity contribution is -0.306. The van der Waals surface area contributed by atoms with Crippen molar-refractivity contribution >= 4 is 12.1 Å². The van der Waals surface area contributed by atoms with Crippen molar-refractivity contribution in [2.24, 2.45) is 11.8 Å². The smallest absolute Gasteiger partial charge is 0.408 e. The van der Waals surface area contributed by atoms with E-state index in [4.69, 9.17) is 23.7 Å². The summed E-state index contributed by atoms with van der Waals surface area (Å²) in [7, 11) is 0. The van der Waals surface area contributed by atoms with Crippen molar-refractivity contribution in [1.29, 1.82) is 0 Å². The third kappa shape index (κ3) is 15.9. The van der Waals surface area contributed by atoms with Crippen LogP contribution < -0.4 is 5.32 Å². The van der Waals surface area contributed by atoms with Gasteiger partial charge in [0.1, 0.15) is 12.7 Å². The van der Waals surface area contributed by atoms with Crippen LogP contribution in [0.5, 0.6) is 0 Å². The molecule has 1 heterocycles. The van der Waals surface area contributed by atoms with Gasteiger partial charge >= 0.3 is 12.1 Å². The van der Waals surface area contributed by atoms with Crippen molar-refractivity contribution in [3.8, 4) is 0 Å². The number of hydrogen-bond donors (Lipinski definition) is 1. The van der Waals surface area contributed by atoms with Crippen LogP contribution in [0.4, 0.5) is 4.79 Å². The van der Waals surface area contributed by atoms with E-state index >= 15 is 0 Å². The minimum absolute atomic E-state index is 0.0495. The summed E-state index contributed by atoms with van der Waals surface area (Å²) in [6, 6.07) is 18.1. The number of ether oxygens (including phenoxy) is 5. The third-order valence-corrected chi connectivity index (χ3v) is 9.70. The average Bonchev–Trinajstić information content (AvgIpc) is 3.12. The first-order valence-electron chi connectivity index (χ1n) is 19.3. The fourth-order valence-corrected chi connectivity index (χ4v) is 6.57. The molecule has 1 amide bonds. The number of nitrogens with one attached hydrogen (secondary N) is 1. The SMILES string of the molecule is CCCCCCCCCCCCC[C@@H](OC(=O)[C@H](COCc1ccccc1)NC(=O)OCc1ccccc1)[C@H](C)[C@H]1OC(C)(C)OC[C@@H]1CC. The molecule has 1 aliphatic heterocycles. The van der Waals surface area contributed by atoms with Crippen LogP contribution in [-0.2, 0) is 41.7 Å². The second kappa shape index (κ2) is 23.5. The maximum atomic E-state index is 13.9. The minimum Gasteiger partial charge on any atom is -0.460 e. The Bertz CT molecular complexity index is 1190. The summed E-state index contributed by atoms with van der Waals surface area (Å²) in [4.78, 5) is 26.9. The molecule has 5 atom stereocenters. The van der Waals surface area contributed by atoms with Crippen LogP contribution in [0.2, 0.25) is 0 Å². The van der Waals surface area contributed by atoms with Gasteiger partial charge in [-0.3, -0.25) is 0 Å². The summed E-state index contributed by atoms with van der Waals surface area (Å²) in [5, 5.41) is 2.73. The van der Waals surface area contributed by atoms with Gasteiger partial charge in [-0.05, 0) is 44.2 Å². The lowest BCUT2D eigenvalue weighted by Crippen LogP contribution is -2.52. The second-order valence-electron chi connectivity index (χ2n) is 14.4. The van der Waals surface area contributed by atoms with Crippen molar-refractivity contribution in [3.63, 3.8) is 0 Å². The average molecular weight is 696 g/mol. The molecule has 8 heteroatoms. The number of carbonyl (C=O) groups is 2. The Kier molecular flexibility index (Phi) is 19.5. The van der Waals surface area contributed by atoms with Gasteiger partial charge in [-0.1, -0.05) is 146 Å². The number of carbonyl (C=O) groups excluding carboxylic acids is 2. The van der Waals surface area contributed by atoms with Crippen molar-refractivity contribution in [1.82, 2.24) is 5.32 Å². The van der Waals surface area contributed by atoms with Gasteiger partial charge < -0.3 is 29.0 Å². The maximum absolute atomic E-state index is 13.9. The van der Waals surface area contributed by atoms with Crippen molar-refractivity contribution in [3.05, 3.63) is 71.8 Å². The molecule has 0 radical (unpaired) electrons. The van der Waals surface area contributed by atoms with E-state index in [-0.39, 0.29) is 31.2 Å². The molecule has 280 valence electrons. The van der Waals surface area contributed by atoms with E-state index in [1.54, 1.807) is 0 Å². The zero-order valence-corrected chi connectivity index (χ0v) is 31.5. The molecule has 1 N–H and O–H groups in total. The summed E-state index contributed by atoms with van der Waals surface area (Å²) < 4.78 is 30.2. The van der Waals surface area contributed by atoms with Gasteiger partial charge in [0, 0.05) is 11.8 Å². The molecule has 0 spiro atoms. The van der Waals surface area contributed by atoms with E-state index in [1.165, 1.54) is 57.8 Å². The van der Waals surface area contributed by atoms with E-state index in [1.807, 2.05) is 74.5 Å². The van der Waals surface area contributed by atoms with Crippen LogP contribution in [-0.4, -0.2) is 49.3 Å². The van der Waals surface area contributed by atoms with Crippen LogP contribution in [0.25, 0.3) is 0 Å². The first-order valence-corrected chi connectivity index (χ1v) is 19.3. The van der Waals surface area contributed by atoms with E-state index in [0.29, 0.717) is 13.2 Å². The number of unbranched alkanes of at least 4 members (excludes halogenated alkanes) is 10. The number of benzene rings is 2. The first kappa shape index (κ1) is 41.5. The molecule has 0 unspecified atom stereocenters. The number of amides is 1. The Morgan fingerprint density at radius 2 is 1.38 bits per heavy atom. The van der Waals surface area contributed by atoms with Gasteiger partial charge in [0.25, 0.3) is 0 Å². The molecule has 3 rings (SSSR count). The van der Waals surface area contributed by atoms with Gasteiger partial charge in [0.15, 0.2) is 11.8 Å². The highest BCUT2D eigenvalue weighted by atomic mass is 16.7. The largest absolute Gasteiger partial charge is 0.460 e. The van der Waals surface area contributed by atoms with Crippen LogP contribution in [0.3, 0.4) is 0 Å². The summed E-state index contributed by atoms with van der Waals surface area (Å²) in [6.07, 6.45) is 14.1. The van der Waals surface area contributed by atoms with Gasteiger partial charge in [0.2, 0.25) is 0 Å². The topological polar surface area (TPSA) is 92.3 Å². The number of esters is 1. The van der Waals surface area contributed by atoms with E-state index in [9.17, 15) is 9.59 Å². The monoisotopic (exact) mass is 695 g/mol. The van der Waals surface area contributed by atoms with Crippen molar-refractivity contribution < 1.29 is 33.3 Å². The van der Waals surface area contributed by atoms with Gasteiger partial charge in [-0.15, -0.1) is 0 Å². The number of rotatable bonds is 24. The van der Waals surface area contributed by atoms with Crippen molar-refractivity contribution in [2.45, 2.75) is 155 Å². The van der Waals surface area contributed by atoms with Gasteiger partial charge in [-0.25, -0.2) is 9.59 Å². The second-order valence-corrected chi connectivity index (χ2v) is 14.4. The molecule has 1 saturated heterocycles. The van der Waals surface area contributed by atoms with E-state index in [2.05, 4.69) is 26.1 Å². The van der Waals surface area contributed by atoms with Crippen molar-refractivity contribution in [2.75, 3.05) is 13.2 Å². The highest BCUT2D eigenvalue weighted by molar-refractivity contribution is 5.81. The molecule has 2 aromatic carbocycles. The number of hydrogen-bond acceptors (Lipinski definition) is 7. The molecule has 0 aliphatic carbocycles. The summed E-state index contributed by atoms with van der Waals surface area (Å²) in [5.41, 5.74) is 1.83. The van der Waals surface area contributed by atoms with Crippen LogP contribution in [0.15, 0.2) is 60.7 Å². The summed E-state index contributed by atoms with van der Waals surface area (Å²) in [5.74, 6) is -1.14. The third-order valence-electron chi connectivity index (χ3n) is 9.70. The van der Waals surface area contributed by atoms with Crippen LogP contribution in [0.1, 0.15) is 129 Å². The lowest BCUT2D eigenvalue weighted by atomic mass is 9.84. The highest BCUT2D eigenvalue weighted by Crippen LogP contribution is 2.35. The summed E-state index contributed by atoms with van der Waals surface area (Å²) >= 11 is 0. The Labute approximate surface area is 302 Å². The number of alkyl carbamates (subject to hydrolysis) is 1. The predicted molar refractivity (Wildman–Crippen MR) is 198 cm³/mol. The molecular weight excluding hydrogens is 630 g/mol. The summed E-state index contributed by atoms with van der Waals surface area (Å²) in [6.45, 7) is 11.3. The molecule has 1 aliphatic rings. The normalized spacial score (nSPS) is 18.9. The minimum atomic E-state index is -1.04. The van der Waals surface area contributed by atoms with Crippen LogP contribution >= 0.6 is 0 Å². The van der Waals surface area contributed by atoms with E-state index in [0.717, 1.165) is 36.8 Å². The zero-order valence-electron chi connectivity index (χ0n) is 31.5. The highest BCUT2D eigenvalue weighted by Gasteiger charge is 2.42. The van der Waals surface area contributed by atoms with Gasteiger partial charge in [-0.2, -0.15) is 0 Å². The maximum Gasteiger partial charge on any atom is 0.408 e. The first-order chi connectivity index (χ1) is 24.2. The molecule has 2 aromatic rings. The fraction of sp³-hybridized carbons (Fsp3) is 0.667. The fourth-order valence-electron chi connectivity index (χ4n) is 6.57. The van der Waals surface area contributed by atoms with E-state index < -0.39 is 30.0 Å². The Hall–Kier alpha value is -2.94. The quantitative estimate of drug-likeness (QED) is 0.0863. The van der Waals surface area contributed by atoms with Gasteiger partial charge in [0.05, 0.1) is 25.9 Å². The van der Waals surface area contributed by atoms with Crippen LogP contribution in [0, 0.1) is 11.8 Å². The lowest BCUT2D eigenvalue weighted by Gasteiger charge is -2.45. The molecule has 1 fully saturated rings. The molecular formula is C42H65NO7. The zero-order chi connectivity index (χ0) is 36.0. The Balaban J connectivity index is 1.65. The molecule has 50 heavy (non-hydrogen) atoms. The Morgan fingerprint density at radius 1 is 0.820 bits per heavy atom. The Morgan fingerprint density at radius 3 is 1.96 bits per heavy atom. The predicted octanol–water partition coefficient (Wildman–Crippen LogP) is 9.92. The molecule has 0 aromatic heterocycles. The molecule has 8 nitrogen and oxygen atoms in total.